The van der Waals surface area contributed by atoms with Crippen LogP contribution in [0.15, 0.2) is 76.7 Å². The minimum Gasteiger partial charge on any atom is -0.423 e. The number of nitrogens with zero attached hydrogens (tertiary/aromatic N) is 6. The molecule has 5 rings (SSSR count). The van der Waals surface area contributed by atoms with Crippen molar-refractivity contribution in [2.75, 3.05) is 17.2 Å². The first kappa shape index (κ1) is 21.2. The maximum absolute atomic E-state index is 12.0. The van der Waals surface area contributed by atoms with Gasteiger partial charge in [-0.05, 0) is 23.8 Å². The van der Waals surface area contributed by atoms with Crippen molar-refractivity contribution in [3.05, 3.63) is 83.4 Å². The summed E-state index contributed by atoms with van der Waals surface area (Å²) in [5.41, 5.74) is 2.49. The van der Waals surface area contributed by atoms with Gasteiger partial charge >= 0.3 is 0 Å². The Morgan fingerprint density at radius 1 is 1.15 bits per heavy atom. The first-order valence-corrected chi connectivity index (χ1v) is 10.4. The van der Waals surface area contributed by atoms with Crippen molar-refractivity contribution in [3.8, 4) is 11.5 Å². The molecular formula is C23H20N8O3. The van der Waals surface area contributed by atoms with Gasteiger partial charge in [0.15, 0.2) is 0 Å². The van der Waals surface area contributed by atoms with Gasteiger partial charge in [0, 0.05) is 18.9 Å². The van der Waals surface area contributed by atoms with Gasteiger partial charge in [0.1, 0.15) is 5.82 Å². The third kappa shape index (κ3) is 4.19. The number of nitrogens with one attached hydrogen (secondary N) is 2. The number of hydrogen-bond donors (Lipinski definition) is 3. The van der Waals surface area contributed by atoms with Gasteiger partial charge in [-0.25, -0.2) is 4.98 Å². The summed E-state index contributed by atoms with van der Waals surface area (Å²) >= 11 is 0. The van der Waals surface area contributed by atoms with E-state index < -0.39 is 6.04 Å². The fraction of sp³-hybridized carbons (Fsp3) is 0.130. The van der Waals surface area contributed by atoms with Gasteiger partial charge in [-0.15, -0.1) is 10.2 Å². The number of aliphatic hydroxyl groups is 1. The van der Waals surface area contributed by atoms with Crippen molar-refractivity contribution in [3.63, 3.8) is 0 Å². The van der Waals surface area contributed by atoms with E-state index in [1.54, 1.807) is 22.9 Å². The van der Waals surface area contributed by atoms with Gasteiger partial charge < -0.3 is 24.7 Å². The van der Waals surface area contributed by atoms with Crippen molar-refractivity contribution >= 4 is 28.4 Å². The molecule has 1 atom stereocenters. The summed E-state index contributed by atoms with van der Waals surface area (Å²) in [5.74, 6) is 0.947. The predicted molar refractivity (Wildman–Crippen MR) is 125 cm³/mol. The highest BCUT2D eigenvalue weighted by molar-refractivity contribution is 5.82. The summed E-state index contributed by atoms with van der Waals surface area (Å²) in [6.45, 7) is -0.160. The van der Waals surface area contributed by atoms with Crippen LogP contribution in [0, 0.1) is 0 Å². The Kier molecular flexibility index (Phi) is 5.67. The highest BCUT2D eigenvalue weighted by atomic mass is 16.4. The minimum atomic E-state index is -0.423. The Labute approximate surface area is 193 Å². The third-order valence-corrected chi connectivity index (χ3v) is 5.29. The van der Waals surface area contributed by atoms with Crippen LogP contribution in [0.2, 0.25) is 0 Å². The normalized spacial score (nSPS) is 11.9. The first-order valence-electron chi connectivity index (χ1n) is 10.4. The van der Waals surface area contributed by atoms with Crippen LogP contribution in [-0.4, -0.2) is 41.4 Å². The molecule has 3 heterocycles. The summed E-state index contributed by atoms with van der Waals surface area (Å²) in [6.07, 6.45) is 4.26. The van der Waals surface area contributed by atoms with E-state index in [-0.39, 0.29) is 18.1 Å². The van der Waals surface area contributed by atoms with Gasteiger partial charge in [0.2, 0.25) is 12.3 Å². The fourth-order valence-electron chi connectivity index (χ4n) is 3.57. The molecule has 0 saturated heterocycles. The van der Waals surface area contributed by atoms with E-state index in [0.717, 1.165) is 11.1 Å². The van der Waals surface area contributed by atoms with E-state index in [4.69, 9.17) is 4.42 Å². The number of fused-ring (bicyclic) bond motifs is 1. The van der Waals surface area contributed by atoms with Crippen LogP contribution < -0.4 is 16.2 Å². The first-order chi connectivity index (χ1) is 16.6. The second-order valence-corrected chi connectivity index (χ2v) is 7.51. The molecule has 0 fully saturated rings. The highest BCUT2D eigenvalue weighted by Gasteiger charge is 2.18. The third-order valence-electron chi connectivity index (χ3n) is 5.29. The molecule has 0 aliphatic heterocycles. The molecule has 0 bridgehead atoms. The zero-order chi connectivity index (χ0) is 23.5. The summed E-state index contributed by atoms with van der Waals surface area (Å²) in [7, 11) is 1.81. The molecule has 0 aliphatic carbocycles. The van der Waals surface area contributed by atoms with Crippen molar-refractivity contribution in [1.82, 2.24) is 29.7 Å². The topological polar surface area (TPSA) is 144 Å². The Morgan fingerprint density at radius 2 is 2.00 bits per heavy atom. The molecule has 2 aromatic carbocycles. The standard InChI is InChI=1S/C23H20N8O3/c1-31-12-25-21(33)16-8-7-15(9-19(16)31)27-23-24-10-17(22-30-26-13-34-22)20(29-23)28-18(11-32)14-5-3-2-4-6-14/h2-10,12-13,18,32H,11H2,1H3,(H2,24,27,28,29)/t18-/m1/s1. The van der Waals surface area contributed by atoms with Gasteiger partial charge in [-0.2, -0.15) is 9.97 Å². The smallest absolute Gasteiger partial charge is 0.280 e. The lowest BCUT2D eigenvalue weighted by molar-refractivity contribution is 0.276. The van der Waals surface area contributed by atoms with E-state index in [2.05, 4.69) is 35.8 Å². The fourth-order valence-corrected chi connectivity index (χ4v) is 3.57. The molecule has 11 nitrogen and oxygen atoms in total. The average Bonchev–Trinajstić information content (AvgIpc) is 3.40. The lowest BCUT2D eigenvalue weighted by Crippen LogP contribution is -2.17. The minimum absolute atomic E-state index is 0.160. The monoisotopic (exact) mass is 456 g/mol. The van der Waals surface area contributed by atoms with Crippen LogP contribution >= 0.6 is 0 Å². The molecular weight excluding hydrogens is 436 g/mol. The van der Waals surface area contributed by atoms with Gasteiger partial charge in [-0.1, -0.05) is 30.3 Å². The van der Waals surface area contributed by atoms with Crippen molar-refractivity contribution < 1.29 is 9.52 Å². The Balaban J connectivity index is 1.51. The summed E-state index contributed by atoms with van der Waals surface area (Å²) in [6, 6.07) is 14.4. The molecule has 0 unspecified atom stereocenters. The number of aliphatic hydroxyl groups excluding tert-OH is 1. The molecule has 0 saturated carbocycles. The van der Waals surface area contributed by atoms with Crippen LogP contribution in [0.25, 0.3) is 22.4 Å². The Morgan fingerprint density at radius 3 is 2.76 bits per heavy atom. The molecule has 34 heavy (non-hydrogen) atoms. The number of benzene rings is 2. The molecule has 3 N–H and O–H groups in total. The SMILES string of the molecule is Cn1cnc(=O)c2ccc(Nc3ncc(-c4nnco4)c(N[C@H](CO)c4ccccc4)n3)cc21. The second kappa shape index (κ2) is 9.08. The number of rotatable bonds is 7. The van der Waals surface area contributed by atoms with E-state index in [9.17, 15) is 9.90 Å². The summed E-state index contributed by atoms with van der Waals surface area (Å²) in [4.78, 5) is 24.9. The van der Waals surface area contributed by atoms with Gasteiger partial charge in [0.05, 0.1) is 35.4 Å². The number of aromatic nitrogens is 6. The molecule has 170 valence electrons. The van der Waals surface area contributed by atoms with Crippen LogP contribution in [0.5, 0.6) is 0 Å². The number of hydrogen-bond acceptors (Lipinski definition) is 10. The maximum Gasteiger partial charge on any atom is 0.280 e. The van der Waals surface area contributed by atoms with Gasteiger partial charge in [0.25, 0.3) is 11.4 Å². The van der Waals surface area contributed by atoms with E-state index in [1.165, 1.54) is 12.7 Å². The molecule has 0 spiro atoms. The molecule has 5 aromatic rings. The average molecular weight is 456 g/mol. The van der Waals surface area contributed by atoms with Gasteiger partial charge in [-0.3, -0.25) is 4.79 Å². The molecule has 0 aliphatic rings. The van der Waals surface area contributed by atoms with Crippen LogP contribution in [0.1, 0.15) is 11.6 Å². The summed E-state index contributed by atoms with van der Waals surface area (Å²) < 4.78 is 7.11. The zero-order valence-electron chi connectivity index (χ0n) is 18.1. The summed E-state index contributed by atoms with van der Waals surface area (Å²) in [5, 5.41) is 24.6. The van der Waals surface area contributed by atoms with E-state index >= 15 is 0 Å². The van der Waals surface area contributed by atoms with Crippen molar-refractivity contribution in [2.45, 2.75) is 6.04 Å². The Hall–Kier alpha value is -4.64. The second-order valence-electron chi connectivity index (χ2n) is 7.51. The highest BCUT2D eigenvalue weighted by Crippen LogP contribution is 2.29. The van der Waals surface area contributed by atoms with Crippen LogP contribution in [0.4, 0.5) is 17.5 Å². The predicted octanol–water partition coefficient (Wildman–Crippen LogP) is 2.66. The zero-order valence-corrected chi connectivity index (χ0v) is 18.1. The number of anilines is 3. The number of aryl methyl sites for hydroxylation is 1. The largest absolute Gasteiger partial charge is 0.423 e. The Bertz CT molecular complexity index is 1490. The van der Waals surface area contributed by atoms with Crippen LogP contribution in [0.3, 0.4) is 0 Å². The molecule has 0 radical (unpaired) electrons. The van der Waals surface area contributed by atoms with E-state index in [1.807, 2.05) is 43.4 Å². The molecule has 11 heteroatoms. The molecule has 0 amide bonds. The van der Waals surface area contributed by atoms with Crippen molar-refractivity contribution in [2.24, 2.45) is 7.05 Å². The maximum atomic E-state index is 12.0. The quantitative estimate of drug-likeness (QED) is 0.334. The van der Waals surface area contributed by atoms with Crippen molar-refractivity contribution in [1.29, 1.82) is 0 Å². The van der Waals surface area contributed by atoms with E-state index in [0.29, 0.717) is 28.4 Å². The molecule has 3 aromatic heterocycles. The lowest BCUT2D eigenvalue weighted by Gasteiger charge is -2.19. The lowest BCUT2D eigenvalue weighted by atomic mass is 10.1. The van der Waals surface area contributed by atoms with Crippen LogP contribution in [-0.2, 0) is 7.05 Å².